The van der Waals surface area contributed by atoms with Crippen molar-refractivity contribution >= 4 is 5.69 Å². The topological polar surface area (TPSA) is 3.24 Å². The van der Waals surface area contributed by atoms with Crippen LogP contribution in [0.5, 0.6) is 0 Å². The summed E-state index contributed by atoms with van der Waals surface area (Å²) in [6.07, 6.45) is 3.65. The quantitative estimate of drug-likeness (QED) is 0.782. The summed E-state index contributed by atoms with van der Waals surface area (Å²) in [7, 11) is 0. The fourth-order valence-electron chi connectivity index (χ4n) is 3.14. The van der Waals surface area contributed by atoms with Gasteiger partial charge in [-0.3, -0.25) is 0 Å². The number of hydrogen-bond acceptors (Lipinski definition) is 1. The summed E-state index contributed by atoms with van der Waals surface area (Å²) in [5.74, 6) is 0.738. The second kappa shape index (κ2) is 6.13. The van der Waals surface area contributed by atoms with E-state index < -0.39 is 0 Å². The van der Waals surface area contributed by atoms with Crippen LogP contribution < -0.4 is 4.90 Å². The zero-order valence-corrected chi connectivity index (χ0v) is 12.3. The summed E-state index contributed by atoms with van der Waals surface area (Å²) in [6.45, 7) is 4.55. The van der Waals surface area contributed by atoms with Gasteiger partial charge in [0.15, 0.2) is 0 Å². The van der Waals surface area contributed by atoms with E-state index >= 15 is 0 Å². The molecule has 1 heteroatoms. The Balaban J connectivity index is 1.63. The van der Waals surface area contributed by atoms with Gasteiger partial charge in [-0.2, -0.15) is 0 Å². The van der Waals surface area contributed by atoms with Gasteiger partial charge in [0.2, 0.25) is 0 Å². The predicted octanol–water partition coefficient (Wildman–Crippen LogP) is 4.63. The highest BCUT2D eigenvalue weighted by Crippen LogP contribution is 2.30. The summed E-state index contributed by atoms with van der Waals surface area (Å²) in [4.78, 5) is 2.53. The number of piperidine rings is 1. The molecule has 0 N–H and O–H groups in total. The van der Waals surface area contributed by atoms with E-state index in [4.69, 9.17) is 0 Å². The van der Waals surface area contributed by atoms with E-state index in [0.29, 0.717) is 0 Å². The molecule has 2 aromatic carbocycles. The van der Waals surface area contributed by atoms with Crippen LogP contribution in [-0.4, -0.2) is 13.1 Å². The molecule has 0 aliphatic carbocycles. The number of hydrogen-bond donors (Lipinski definition) is 0. The van der Waals surface area contributed by atoms with Crippen molar-refractivity contribution in [1.82, 2.24) is 0 Å². The Morgan fingerprint density at radius 1 is 0.900 bits per heavy atom. The minimum absolute atomic E-state index is 0.738. The van der Waals surface area contributed by atoms with Gasteiger partial charge in [-0.25, -0.2) is 0 Å². The van der Waals surface area contributed by atoms with Crippen LogP contribution in [0.4, 0.5) is 5.69 Å². The van der Waals surface area contributed by atoms with Crippen LogP contribution in [-0.2, 0) is 6.42 Å². The first kappa shape index (κ1) is 13.2. The Bertz CT molecular complexity index is 521. The van der Waals surface area contributed by atoms with Gasteiger partial charge in [-0.05, 0) is 48.4 Å². The Hall–Kier alpha value is -1.76. The first-order valence-electron chi connectivity index (χ1n) is 7.75. The van der Waals surface area contributed by atoms with Crippen LogP contribution >= 0.6 is 0 Å². The predicted molar refractivity (Wildman–Crippen MR) is 86.5 cm³/mol. The lowest BCUT2D eigenvalue weighted by atomic mass is 9.89. The van der Waals surface area contributed by atoms with Crippen LogP contribution in [0.15, 0.2) is 54.6 Å². The molecule has 0 aromatic heterocycles. The van der Waals surface area contributed by atoms with Crippen molar-refractivity contribution in [3.05, 3.63) is 65.7 Å². The Morgan fingerprint density at radius 3 is 2.15 bits per heavy atom. The third kappa shape index (κ3) is 2.87. The molecule has 0 amide bonds. The maximum atomic E-state index is 2.53. The number of benzene rings is 2. The largest absolute Gasteiger partial charge is 0.371 e. The summed E-state index contributed by atoms with van der Waals surface area (Å²) < 4.78 is 0. The number of anilines is 1. The third-order valence-corrected chi connectivity index (χ3v) is 4.48. The first-order chi connectivity index (χ1) is 9.86. The Morgan fingerprint density at radius 2 is 1.55 bits per heavy atom. The van der Waals surface area contributed by atoms with Crippen molar-refractivity contribution in [2.24, 2.45) is 0 Å². The molecule has 2 aromatic rings. The van der Waals surface area contributed by atoms with Crippen molar-refractivity contribution in [2.45, 2.75) is 32.1 Å². The molecule has 1 saturated heterocycles. The Labute approximate surface area is 122 Å². The van der Waals surface area contributed by atoms with Crippen LogP contribution in [0.3, 0.4) is 0 Å². The average molecular weight is 265 g/mol. The lowest BCUT2D eigenvalue weighted by Crippen LogP contribution is -2.32. The molecule has 1 aliphatic heterocycles. The highest BCUT2D eigenvalue weighted by atomic mass is 15.1. The number of nitrogens with zero attached hydrogens (tertiary/aromatic N) is 1. The number of aryl methyl sites for hydroxylation is 1. The molecule has 104 valence electrons. The van der Waals surface area contributed by atoms with E-state index in [9.17, 15) is 0 Å². The van der Waals surface area contributed by atoms with Crippen molar-refractivity contribution in [1.29, 1.82) is 0 Å². The maximum absolute atomic E-state index is 2.53. The third-order valence-electron chi connectivity index (χ3n) is 4.48. The van der Waals surface area contributed by atoms with Gasteiger partial charge in [-0.15, -0.1) is 0 Å². The average Bonchev–Trinajstić information content (AvgIpc) is 2.56. The van der Waals surface area contributed by atoms with E-state index in [1.807, 2.05) is 0 Å². The standard InChI is InChI=1S/C19H23N/c1-2-16-8-10-19(11-9-16)20-14-12-18(13-15-20)17-6-4-3-5-7-17/h3-11,18H,2,12-15H2,1H3. The summed E-state index contributed by atoms with van der Waals surface area (Å²) in [6, 6.07) is 20.1. The van der Waals surface area contributed by atoms with Crippen LogP contribution in [0.2, 0.25) is 0 Å². The fraction of sp³-hybridized carbons (Fsp3) is 0.368. The zero-order valence-electron chi connectivity index (χ0n) is 12.3. The van der Waals surface area contributed by atoms with E-state index in [1.54, 1.807) is 0 Å². The highest BCUT2D eigenvalue weighted by molar-refractivity contribution is 5.48. The Kier molecular flexibility index (Phi) is 4.05. The molecule has 0 atom stereocenters. The molecule has 1 heterocycles. The van der Waals surface area contributed by atoms with Gasteiger partial charge in [0.1, 0.15) is 0 Å². The molecule has 0 spiro atoms. The normalized spacial score (nSPS) is 16.4. The zero-order chi connectivity index (χ0) is 13.8. The van der Waals surface area contributed by atoms with Gasteiger partial charge < -0.3 is 4.90 Å². The van der Waals surface area contributed by atoms with E-state index in [2.05, 4.69) is 66.4 Å². The molecule has 0 bridgehead atoms. The summed E-state index contributed by atoms with van der Waals surface area (Å²) in [5.41, 5.74) is 4.31. The van der Waals surface area contributed by atoms with Gasteiger partial charge in [0.05, 0.1) is 0 Å². The number of rotatable bonds is 3. The molecule has 0 radical (unpaired) electrons. The second-order valence-corrected chi connectivity index (χ2v) is 5.69. The van der Waals surface area contributed by atoms with Crippen molar-refractivity contribution in [2.75, 3.05) is 18.0 Å². The molecule has 20 heavy (non-hydrogen) atoms. The smallest absolute Gasteiger partial charge is 0.0366 e. The molecule has 1 nitrogen and oxygen atoms in total. The van der Waals surface area contributed by atoms with Gasteiger partial charge in [-0.1, -0.05) is 49.4 Å². The first-order valence-corrected chi connectivity index (χ1v) is 7.75. The van der Waals surface area contributed by atoms with Crippen LogP contribution in [0.1, 0.15) is 36.8 Å². The lowest BCUT2D eigenvalue weighted by molar-refractivity contribution is 0.505. The van der Waals surface area contributed by atoms with Gasteiger partial charge in [0.25, 0.3) is 0 Å². The maximum Gasteiger partial charge on any atom is 0.0366 e. The van der Waals surface area contributed by atoms with Crippen molar-refractivity contribution < 1.29 is 0 Å². The van der Waals surface area contributed by atoms with E-state index in [1.165, 1.54) is 42.7 Å². The lowest BCUT2D eigenvalue weighted by Gasteiger charge is -2.34. The van der Waals surface area contributed by atoms with Crippen molar-refractivity contribution in [3.63, 3.8) is 0 Å². The minimum Gasteiger partial charge on any atom is -0.371 e. The molecule has 0 unspecified atom stereocenters. The van der Waals surface area contributed by atoms with Crippen molar-refractivity contribution in [3.8, 4) is 0 Å². The second-order valence-electron chi connectivity index (χ2n) is 5.69. The summed E-state index contributed by atoms with van der Waals surface area (Å²) in [5, 5.41) is 0. The minimum atomic E-state index is 0.738. The van der Waals surface area contributed by atoms with Crippen LogP contribution in [0, 0.1) is 0 Å². The molecule has 3 rings (SSSR count). The van der Waals surface area contributed by atoms with E-state index in [0.717, 1.165) is 12.3 Å². The molecule has 1 aliphatic rings. The van der Waals surface area contributed by atoms with Crippen LogP contribution in [0.25, 0.3) is 0 Å². The monoisotopic (exact) mass is 265 g/mol. The molecular formula is C19H23N. The molecular weight excluding hydrogens is 242 g/mol. The van der Waals surface area contributed by atoms with Gasteiger partial charge in [0, 0.05) is 18.8 Å². The summed E-state index contributed by atoms with van der Waals surface area (Å²) >= 11 is 0. The van der Waals surface area contributed by atoms with E-state index in [-0.39, 0.29) is 0 Å². The fourth-order valence-corrected chi connectivity index (χ4v) is 3.14. The molecule has 0 saturated carbocycles. The SMILES string of the molecule is CCc1ccc(N2CCC(c3ccccc3)CC2)cc1. The highest BCUT2D eigenvalue weighted by Gasteiger charge is 2.20. The van der Waals surface area contributed by atoms with Gasteiger partial charge >= 0.3 is 0 Å². The molecule has 1 fully saturated rings.